The van der Waals surface area contributed by atoms with Gasteiger partial charge < -0.3 is 24.8 Å². The fourth-order valence-corrected chi connectivity index (χ4v) is 6.57. The number of hydrogen-bond acceptors (Lipinski definition) is 7. The highest BCUT2D eigenvalue weighted by Crippen LogP contribution is 2.68. The van der Waals surface area contributed by atoms with Crippen LogP contribution in [0.15, 0.2) is 17.7 Å². The van der Waals surface area contributed by atoms with Crippen LogP contribution in [0.1, 0.15) is 49.5 Å². The van der Waals surface area contributed by atoms with Gasteiger partial charge in [0.2, 0.25) is 0 Å². The fraction of sp³-hybridized carbons (Fsp3) is 0.583. The molecule has 4 rings (SSSR count). The molecule has 0 heterocycles. The molecule has 6 unspecified atom stereocenters. The van der Waals surface area contributed by atoms with Gasteiger partial charge in [-0.2, -0.15) is 0 Å². The summed E-state index contributed by atoms with van der Waals surface area (Å²) in [4.78, 5) is 25.0. The van der Waals surface area contributed by atoms with E-state index in [1.807, 2.05) is 20.8 Å². The maximum Gasteiger partial charge on any atom is 0.342 e. The Balaban J connectivity index is 1.68. The van der Waals surface area contributed by atoms with Crippen LogP contribution in [0.2, 0.25) is 5.02 Å². The maximum atomic E-state index is 13.0. The maximum absolute atomic E-state index is 13.0. The SMILES string of the molecule is COc1cc(O)c(C(=O)OC2CC3(C)C4C(C=C(C=O)C23O)CC(C)(C)C4O)c(C)c1Cl. The number of phenols is 1. The van der Waals surface area contributed by atoms with Gasteiger partial charge in [0, 0.05) is 23.0 Å². The molecule has 174 valence electrons. The van der Waals surface area contributed by atoms with E-state index in [1.165, 1.54) is 13.2 Å². The standard InChI is InChI=1S/C24H29ClO7/c1-11-17(14(27)7-15(31-5)19(11)25)21(29)32-16-9-23(4)18-12(8-22(2,3)20(18)28)6-13(10-26)24(16,23)30/h6-7,10,12,16,18,20,27-28,30H,8-9H2,1-5H3. The van der Waals surface area contributed by atoms with E-state index in [4.69, 9.17) is 21.1 Å². The second kappa shape index (κ2) is 7.20. The van der Waals surface area contributed by atoms with Crippen molar-refractivity contribution in [2.45, 2.75) is 58.3 Å². The zero-order valence-corrected chi connectivity index (χ0v) is 19.6. The van der Waals surface area contributed by atoms with Crippen LogP contribution in [-0.2, 0) is 9.53 Å². The highest BCUT2D eigenvalue weighted by atomic mass is 35.5. The van der Waals surface area contributed by atoms with Crippen molar-refractivity contribution in [3.63, 3.8) is 0 Å². The number of benzene rings is 1. The summed E-state index contributed by atoms with van der Waals surface area (Å²) in [5, 5.41) is 33.3. The van der Waals surface area contributed by atoms with E-state index in [-0.39, 0.29) is 56.9 Å². The molecule has 1 aromatic carbocycles. The van der Waals surface area contributed by atoms with Crippen molar-refractivity contribution in [2.75, 3.05) is 7.11 Å². The summed E-state index contributed by atoms with van der Waals surface area (Å²) in [5.74, 6) is -1.31. The number of methoxy groups -OCH3 is 1. The molecule has 0 bridgehead atoms. The van der Waals surface area contributed by atoms with E-state index in [0.29, 0.717) is 12.7 Å². The Morgan fingerprint density at radius 3 is 2.53 bits per heavy atom. The topological polar surface area (TPSA) is 113 Å². The molecule has 0 saturated heterocycles. The number of allylic oxidation sites excluding steroid dienone is 1. The average Bonchev–Trinajstić information content (AvgIpc) is 2.95. The third-order valence-electron chi connectivity index (χ3n) is 8.12. The smallest absolute Gasteiger partial charge is 0.342 e. The number of aldehydes is 1. The van der Waals surface area contributed by atoms with E-state index < -0.39 is 29.2 Å². The lowest BCUT2D eigenvalue weighted by molar-refractivity contribution is -0.257. The second-order valence-electron chi connectivity index (χ2n) is 10.3. The Bertz CT molecular complexity index is 1030. The molecule has 32 heavy (non-hydrogen) atoms. The lowest BCUT2D eigenvalue weighted by atomic mass is 9.44. The zero-order valence-electron chi connectivity index (χ0n) is 18.8. The molecule has 0 aliphatic heterocycles. The molecule has 8 heteroatoms. The molecule has 0 radical (unpaired) electrons. The fourth-order valence-electron chi connectivity index (χ4n) is 6.34. The number of rotatable bonds is 4. The van der Waals surface area contributed by atoms with Crippen molar-refractivity contribution >= 4 is 23.9 Å². The lowest BCUT2D eigenvalue weighted by Crippen LogP contribution is -2.74. The van der Waals surface area contributed by atoms with Crippen molar-refractivity contribution < 1.29 is 34.4 Å². The minimum Gasteiger partial charge on any atom is -0.507 e. The van der Waals surface area contributed by atoms with Crippen molar-refractivity contribution in [1.29, 1.82) is 0 Å². The summed E-state index contributed by atoms with van der Waals surface area (Å²) in [7, 11) is 1.39. The molecule has 2 fully saturated rings. The molecule has 0 aromatic heterocycles. The van der Waals surface area contributed by atoms with E-state index in [1.54, 1.807) is 13.0 Å². The minimum absolute atomic E-state index is 0.0474. The van der Waals surface area contributed by atoms with Crippen LogP contribution < -0.4 is 4.74 Å². The molecule has 6 atom stereocenters. The molecule has 2 saturated carbocycles. The highest BCUT2D eigenvalue weighted by molar-refractivity contribution is 6.33. The van der Waals surface area contributed by atoms with E-state index in [2.05, 4.69) is 0 Å². The van der Waals surface area contributed by atoms with Gasteiger partial charge in [-0.3, -0.25) is 4.79 Å². The number of aliphatic hydroxyl groups is 2. The first-order chi connectivity index (χ1) is 14.8. The lowest BCUT2D eigenvalue weighted by Gasteiger charge is -2.64. The quantitative estimate of drug-likeness (QED) is 0.463. The van der Waals surface area contributed by atoms with Gasteiger partial charge in [0.25, 0.3) is 0 Å². The molecule has 3 aliphatic rings. The third-order valence-corrected chi connectivity index (χ3v) is 8.59. The number of aromatic hydroxyl groups is 1. The molecule has 0 spiro atoms. The molecular formula is C24H29ClO7. The van der Waals surface area contributed by atoms with Crippen LogP contribution in [0.4, 0.5) is 0 Å². The Morgan fingerprint density at radius 1 is 1.28 bits per heavy atom. The van der Waals surface area contributed by atoms with Crippen LogP contribution in [0, 0.1) is 29.6 Å². The number of phenolic OH excluding ortho intramolecular Hbond substituents is 1. The van der Waals surface area contributed by atoms with Gasteiger partial charge in [-0.05, 0) is 36.7 Å². The molecule has 3 N–H and O–H groups in total. The van der Waals surface area contributed by atoms with Crippen molar-refractivity contribution in [3.8, 4) is 11.5 Å². The molecule has 0 amide bonds. The third kappa shape index (κ3) is 2.80. The van der Waals surface area contributed by atoms with Gasteiger partial charge >= 0.3 is 5.97 Å². The van der Waals surface area contributed by atoms with Crippen molar-refractivity contribution in [2.24, 2.45) is 22.7 Å². The van der Waals surface area contributed by atoms with Gasteiger partial charge in [0.1, 0.15) is 35.1 Å². The van der Waals surface area contributed by atoms with Crippen molar-refractivity contribution in [1.82, 2.24) is 0 Å². The average molecular weight is 465 g/mol. The zero-order chi connectivity index (χ0) is 23.8. The Morgan fingerprint density at radius 2 is 1.94 bits per heavy atom. The summed E-state index contributed by atoms with van der Waals surface area (Å²) in [6, 6.07) is 1.23. The molecule has 1 aromatic rings. The van der Waals surface area contributed by atoms with Gasteiger partial charge in [0.15, 0.2) is 0 Å². The van der Waals surface area contributed by atoms with Crippen molar-refractivity contribution in [3.05, 3.63) is 33.9 Å². The Hall–Kier alpha value is -2.09. The Kier molecular flexibility index (Phi) is 5.20. The summed E-state index contributed by atoms with van der Waals surface area (Å²) >= 11 is 6.23. The summed E-state index contributed by atoms with van der Waals surface area (Å²) in [6.07, 6.45) is 1.64. The number of esters is 1. The number of halogens is 1. The Labute approximate surface area is 192 Å². The largest absolute Gasteiger partial charge is 0.507 e. The number of aliphatic hydroxyl groups excluding tert-OH is 1. The van der Waals surface area contributed by atoms with E-state index >= 15 is 0 Å². The molecular weight excluding hydrogens is 436 g/mol. The van der Waals surface area contributed by atoms with Gasteiger partial charge in [-0.1, -0.05) is 38.4 Å². The minimum atomic E-state index is -1.73. The molecule has 7 nitrogen and oxygen atoms in total. The first-order valence-electron chi connectivity index (χ1n) is 10.7. The monoisotopic (exact) mass is 464 g/mol. The number of fused-ring (bicyclic) bond motifs is 3. The predicted octanol–water partition coefficient (Wildman–Crippen LogP) is 3.19. The number of hydrogen-bond donors (Lipinski definition) is 3. The van der Waals surface area contributed by atoms with Crippen LogP contribution in [0.3, 0.4) is 0 Å². The summed E-state index contributed by atoms with van der Waals surface area (Å²) in [6.45, 7) is 7.34. The number of ether oxygens (including phenoxy) is 2. The van der Waals surface area contributed by atoms with Gasteiger partial charge in [-0.15, -0.1) is 0 Å². The summed E-state index contributed by atoms with van der Waals surface area (Å²) < 4.78 is 10.7. The van der Waals surface area contributed by atoms with Crippen LogP contribution in [0.5, 0.6) is 11.5 Å². The predicted molar refractivity (Wildman–Crippen MR) is 117 cm³/mol. The number of carbonyl (C=O) groups excluding carboxylic acids is 2. The van der Waals surface area contributed by atoms with Crippen LogP contribution in [0.25, 0.3) is 0 Å². The first-order valence-corrected chi connectivity index (χ1v) is 11.1. The van der Waals surface area contributed by atoms with Crippen LogP contribution >= 0.6 is 11.6 Å². The highest BCUT2D eigenvalue weighted by Gasteiger charge is 2.74. The van der Waals surface area contributed by atoms with E-state index in [9.17, 15) is 24.9 Å². The number of carbonyl (C=O) groups is 2. The summed E-state index contributed by atoms with van der Waals surface area (Å²) in [5.41, 5.74) is -2.60. The van der Waals surface area contributed by atoms with Crippen LogP contribution in [-0.4, -0.2) is 52.5 Å². The first kappa shape index (κ1) is 23.1. The normalized spacial score (nSPS) is 36.9. The van der Waals surface area contributed by atoms with E-state index in [0.717, 1.165) is 0 Å². The molecule has 3 aliphatic carbocycles. The second-order valence-corrected chi connectivity index (χ2v) is 10.6. The van der Waals surface area contributed by atoms with Gasteiger partial charge in [0.05, 0.1) is 18.2 Å². The van der Waals surface area contributed by atoms with Gasteiger partial charge in [-0.25, -0.2) is 4.79 Å².